The van der Waals surface area contributed by atoms with Crippen LogP contribution in [-0.4, -0.2) is 15.9 Å². The van der Waals surface area contributed by atoms with Crippen molar-refractivity contribution in [3.05, 3.63) is 64.6 Å². The van der Waals surface area contributed by atoms with E-state index in [-0.39, 0.29) is 5.41 Å². The smallest absolute Gasteiger partial charge is 0.267 e. The lowest BCUT2D eigenvalue weighted by molar-refractivity contribution is 0.0995. The molecule has 3 aromatic rings. The number of carbonyl (C=O) groups is 1. The Labute approximate surface area is 152 Å². The lowest BCUT2D eigenvalue weighted by atomic mass is 9.95. The van der Waals surface area contributed by atoms with Crippen molar-refractivity contribution >= 4 is 16.8 Å². The molecule has 2 heterocycles. The van der Waals surface area contributed by atoms with Gasteiger partial charge in [0.2, 0.25) is 0 Å². The van der Waals surface area contributed by atoms with Gasteiger partial charge in [0.1, 0.15) is 5.69 Å². The Morgan fingerprint density at radius 3 is 2.77 bits per heavy atom. The number of fused-ring (bicyclic) bond motifs is 1. The van der Waals surface area contributed by atoms with Gasteiger partial charge in [-0.15, -0.1) is 0 Å². The van der Waals surface area contributed by atoms with Crippen molar-refractivity contribution < 1.29 is 4.79 Å². The molecule has 2 fully saturated rings. The van der Waals surface area contributed by atoms with Gasteiger partial charge in [0.05, 0.1) is 0 Å². The minimum atomic E-state index is -0.478. The topological polar surface area (TPSA) is 71.8 Å². The molecule has 0 spiro atoms. The van der Waals surface area contributed by atoms with Crippen molar-refractivity contribution in [3.8, 4) is 0 Å². The van der Waals surface area contributed by atoms with Gasteiger partial charge in [0, 0.05) is 34.1 Å². The Kier molecular flexibility index (Phi) is 3.27. The van der Waals surface area contributed by atoms with E-state index in [1.54, 1.807) is 6.07 Å². The molecule has 0 aliphatic heterocycles. The van der Waals surface area contributed by atoms with Crippen LogP contribution in [-0.2, 0) is 11.8 Å². The molecule has 0 atom stereocenters. The molecule has 4 heteroatoms. The number of primary amides is 1. The van der Waals surface area contributed by atoms with Gasteiger partial charge in [0.15, 0.2) is 0 Å². The largest absolute Gasteiger partial charge is 0.364 e. The number of benzene rings is 1. The van der Waals surface area contributed by atoms with Gasteiger partial charge in [-0.2, -0.15) is 0 Å². The number of amides is 1. The second-order valence-corrected chi connectivity index (χ2v) is 8.17. The molecular formula is C22H23N3O. The van der Waals surface area contributed by atoms with Crippen LogP contribution in [0.4, 0.5) is 0 Å². The summed E-state index contributed by atoms with van der Waals surface area (Å²) in [6.07, 6.45) is 5.78. The molecule has 0 radical (unpaired) electrons. The molecule has 1 aromatic carbocycles. The van der Waals surface area contributed by atoms with Gasteiger partial charge in [-0.25, -0.2) is 4.98 Å². The third kappa shape index (κ3) is 2.61. The number of carbonyl (C=O) groups excluding carboxylic acids is 1. The van der Waals surface area contributed by atoms with Crippen LogP contribution < -0.4 is 5.73 Å². The van der Waals surface area contributed by atoms with E-state index in [9.17, 15) is 4.79 Å². The number of rotatable bonds is 5. The highest BCUT2D eigenvalue weighted by Crippen LogP contribution is 2.50. The number of nitrogens with zero attached hydrogens (tertiary/aromatic N) is 1. The Hall–Kier alpha value is -2.62. The normalized spacial score (nSPS) is 18.2. The summed E-state index contributed by atoms with van der Waals surface area (Å²) in [5.74, 6) is 0.272. The molecule has 5 rings (SSSR count). The molecule has 132 valence electrons. The van der Waals surface area contributed by atoms with E-state index in [1.807, 2.05) is 12.1 Å². The van der Waals surface area contributed by atoms with E-state index < -0.39 is 5.91 Å². The van der Waals surface area contributed by atoms with Gasteiger partial charge < -0.3 is 10.7 Å². The van der Waals surface area contributed by atoms with Crippen molar-refractivity contribution in [2.75, 3.05) is 0 Å². The van der Waals surface area contributed by atoms with E-state index in [2.05, 4.69) is 35.1 Å². The Bertz CT molecular complexity index is 1030. The number of nitrogens with one attached hydrogen (secondary N) is 1. The van der Waals surface area contributed by atoms with Crippen LogP contribution in [0.15, 0.2) is 36.4 Å². The molecule has 0 saturated heterocycles. The molecule has 2 aliphatic carbocycles. The zero-order valence-electron chi connectivity index (χ0n) is 15.0. The number of hydrogen-bond donors (Lipinski definition) is 2. The number of pyridine rings is 1. The molecule has 4 nitrogen and oxygen atoms in total. The number of H-pyrrole nitrogens is 1. The molecule has 26 heavy (non-hydrogen) atoms. The second-order valence-electron chi connectivity index (χ2n) is 8.17. The summed E-state index contributed by atoms with van der Waals surface area (Å²) >= 11 is 0. The van der Waals surface area contributed by atoms with Crippen molar-refractivity contribution in [1.82, 2.24) is 9.97 Å². The summed E-state index contributed by atoms with van der Waals surface area (Å²) in [6, 6.07) is 12.4. The molecule has 2 aliphatic rings. The highest BCUT2D eigenvalue weighted by atomic mass is 16.1. The number of aromatic amines is 1. The van der Waals surface area contributed by atoms with E-state index in [0.29, 0.717) is 5.69 Å². The van der Waals surface area contributed by atoms with E-state index in [1.165, 1.54) is 53.4 Å². The van der Waals surface area contributed by atoms with Crippen LogP contribution >= 0.6 is 0 Å². The zero-order valence-corrected chi connectivity index (χ0v) is 15.0. The van der Waals surface area contributed by atoms with Crippen LogP contribution in [0, 0.1) is 0 Å². The van der Waals surface area contributed by atoms with Crippen molar-refractivity contribution in [3.63, 3.8) is 0 Å². The minimum Gasteiger partial charge on any atom is -0.364 e. The Morgan fingerprint density at radius 2 is 2.08 bits per heavy atom. The molecular weight excluding hydrogens is 322 g/mol. The fourth-order valence-corrected chi connectivity index (χ4v) is 3.98. The average molecular weight is 345 g/mol. The zero-order chi connectivity index (χ0) is 17.9. The molecule has 1 amide bonds. The SMILES string of the molecule is CC1(c2[nH]c3cc(C4CC4)ccc3c2Cc2cccc(C(N)=O)n2)CC1. The first-order chi connectivity index (χ1) is 12.5. The predicted molar refractivity (Wildman–Crippen MR) is 102 cm³/mol. The standard InChI is InChI=1S/C22H23N3O/c1-22(9-10-22)20-17(12-15-3-2-4-18(24-15)21(23)26)16-8-7-14(13-5-6-13)11-19(16)25-20/h2-4,7-8,11,13,25H,5-6,9-10,12H2,1H3,(H2,23,26). The first-order valence-corrected chi connectivity index (χ1v) is 9.44. The predicted octanol–water partition coefficient (Wildman–Crippen LogP) is 4.18. The quantitative estimate of drug-likeness (QED) is 0.728. The fraction of sp³-hybridized carbons (Fsp3) is 0.364. The van der Waals surface area contributed by atoms with Crippen molar-refractivity contribution in [2.45, 2.75) is 50.4 Å². The van der Waals surface area contributed by atoms with Crippen LogP contribution in [0.3, 0.4) is 0 Å². The van der Waals surface area contributed by atoms with E-state index in [4.69, 9.17) is 5.73 Å². The van der Waals surface area contributed by atoms with Crippen LogP contribution in [0.25, 0.3) is 10.9 Å². The molecule has 3 N–H and O–H groups in total. The number of nitrogens with two attached hydrogens (primary N) is 1. The van der Waals surface area contributed by atoms with Crippen LogP contribution in [0.5, 0.6) is 0 Å². The third-order valence-electron chi connectivity index (χ3n) is 6.00. The van der Waals surface area contributed by atoms with E-state index in [0.717, 1.165) is 18.0 Å². The lowest BCUT2D eigenvalue weighted by Gasteiger charge is -2.11. The van der Waals surface area contributed by atoms with Gasteiger partial charge in [0.25, 0.3) is 5.91 Å². The average Bonchev–Trinajstić information content (AvgIpc) is 3.56. The minimum absolute atomic E-state index is 0.245. The Morgan fingerprint density at radius 1 is 1.27 bits per heavy atom. The summed E-state index contributed by atoms with van der Waals surface area (Å²) in [7, 11) is 0. The molecule has 2 saturated carbocycles. The maximum atomic E-state index is 11.5. The first kappa shape index (κ1) is 15.6. The van der Waals surface area contributed by atoms with Gasteiger partial charge in [-0.1, -0.05) is 25.1 Å². The molecule has 2 aromatic heterocycles. The second kappa shape index (κ2) is 5.44. The summed E-state index contributed by atoms with van der Waals surface area (Å²) < 4.78 is 0. The fourth-order valence-electron chi connectivity index (χ4n) is 3.98. The summed E-state index contributed by atoms with van der Waals surface area (Å²) in [4.78, 5) is 19.7. The number of aromatic nitrogens is 2. The van der Waals surface area contributed by atoms with E-state index >= 15 is 0 Å². The summed E-state index contributed by atoms with van der Waals surface area (Å²) in [6.45, 7) is 2.33. The number of hydrogen-bond acceptors (Lipinski definition) is 2. The van der Waals surface area contributed by atoms with Crippen molar-refractivity contribution in [1.29, 1.82) is 0 Å². The molecule has 0 unspecified atom stereocenters. The Balaban J connectivity index is 1.61. The molecule has 0 bridgehead atoms. The van der Waals surface area contributed by atoms with Gasteiger partial charge in [-0.05, 0) is 60.9 Å². The van der Waals surface area contributed by atoms with Gasteiger partial charge >= 0.3 is 0 Å². The maximum absolute atomic E-state index is 11.5. The highest BCUT2D eigenvalue weighted by Gasteiger charge is 2.42. The van der Waals surface area contributed by atoms with Crippen LogP contribution in [0.2, 0.25) is 0 Å². The summed E-state index contributed by atoms with van der Waals surface area (Å²) in [5, 5.41) is 1.28. The lowest BCUT2D eigenvalue weighted by Crippen LogP contribution is -2.14. The van der Waals surface area contributed by atoms with Crippen molar-refractivity contribution in [2.24, 2.45) is 5.73 Å². The maximum Gasteiger partial charge on any atom is 0.267 e. The third-order valence-corrected chi connectivity index (χ3v) is 6.00. The van der Waals surface area contributed by atoms with Gasteiger partial charge in [-0.3, -0.25) is 4.79 Å². The first-order valence-electron chi connectivity index (χ1n) is 9.44. The monoisotopic (exact) mass is 345 g/mol. The van der Waals surface area contributed by atoms with Crippen LogP contribution in [0.1, 0.15) is 71.5 Å². The highest BCUT2D eigenvalue weighted by molar-refractivity contribution is 5.91. The summed E-state index contributed by atoms with van der Waals surface area (Å²) in [5.41, 5.74) is 12.2.